The normalized spacial score (nSPS) is 12.3. The van der Waals surface area contributed by atoms with E-state index in [1.807, 2.05) is 0 Å². The van der Waals surface area contributed by atoms with Crippen LogP contribution >= 0.6 is 22.9 Å². The monoisotopic (exact) mass is 514 g/mol. The molecule has 0 unspecified atom stereocenters. The zero-order valence-electron chi connectivity index (χ0n) is 17.7. The molecule has 0 aliphatic heterocycles. The zero-order valence-corrected chi connectivity index (χ0v) is 19.3. The Hall–Kier alpha value is -3.36. The number of amides is 2. The molecule has 0 aliphatic rings. The molecule has 0 fully saturated rings. The maximum atomic E-state index is 13.0. The van der Waals surface area contributed by atoms with Crippen molar-refractivity contribution in [2.75, 3.05) is 18.1 Å². The standard InChI is InChI=1S/C19H18ClF3N8O2S/c1-8(30-17(33)14-9(4-25-2)15(24)29-7-28-14)18-27-6-12(34-18)16(32)31-13-3-10(19(21,22)23)11(20)5-26-13/h3,5-8,25H,4H2,1-2H3,(H,30,33)(H2,24,28,29)(H,26,31,32)/t8-/m1/s1. The summed E-state index contributed by atoms with van der Waals surface area (Å²) in [5.41, 5.74) is 5.23. The first-order chi connectivity index (χ1) is 16.0. The molecule has 1 atom stereocenters. The van der Waals surface area contributed by atoms with E-state index < -0.39 is 34.6 Å². The lowest BCUT2D eigenvalue weighted by atomic mass is 10.2. The van der Waals surface area contributed by atoms with Crippen molar-refractivity contribution in [1.82, 2.24) is 30.6 Å². The van der Waals surface area contributed by atoms with Gasteiger partial charge in [0.1, 0.15) is 33.5 Å². The number of halogens is 4. The molecule has 0 spiro atoms. The highest BCUT2D eigenvalue weighted by atomic mass is 35.5. The molecule has 0 aliphatic carbocycles. The molecule has 3 heterocycles. The van der Waals surface area contributed by atoms with Crippen LogP contribution in [0.4, 0.5) is 24.8 Å². The highest BCUT2D eigenvalue weighted by molar-refractivity contribution is 7.13. The van der Waals surface area contributed by atoms with Crippen molar-refractivity contribution in [3.05, 3.63) is 56.5 Å². The molecule has 0 bridgehead atoms. The second-order valence-electron chi connectivity index (χ2n) is 6.88. The number of nitrogen functional groups attached to an aromatic ring is 1. The second-order valence-corrected chi connectivity index (χ2v) is 8.34. The third-order valence-electron chi connectivity index (χ3n) is 4.42. The van der Waals surface area contributed by atoms with Gasteiger partial charge in [-0.25, -0.2) is 19.9 Å². The Balaban J connectivity index is 1.71. The van der Waals surface area contributed by atoms with Crippen LogP contribution in [0.25, 0.3) is 0 Å². The van der Waals surface area contributed by atoms with Crippen LogP contribution in [0, 0.1) is 0 Å². The summed E-state index contributed by atoms with van der Waals surface area (Å²) in [6.07, 6.45) is -1.48. The fraction of sp³-hybridized carbons (Fsp3) is 0.263. The Morgan fingerprint density at radius 1 is 1.18 bits per heavy atom. The molecule has 3 rings (SSSR count). The summed E-state index contributed by atoms with van der Waals surface area (Å²) in [6, 6.07) is 0.0319. The number of hydrogen-bond acceptors (Lipinski definition) is 9. The van der Waals surface area contributed by atoms with Crippen LogP contribution in [-0.4, -0.2) is 38.8 Å². The van der Waals surface area contributed by atoms with E-state index in [-0.39, 0.29) is 28.8 Å². The number of nitrogens with one attached hydrogen (secondary N) is 3. The second kappa shape index (κ2) is 10.3. The number of nitrogens with zero attached hydrogens (tertiary/aromatic N) is 4. The van der Waals surface area contributed by atoms with Crippen LogP contribution in [0.2, 0.25) is 5.02 Å². The van der Waals surface area contributed by atoms with Gasteiger partial charge in [0, 0.05) is 18.3 Å². The van der Waals surface area contributed by atoms with Gasteiger partial charge in [0.05, 0.1) is 22.8 Å². The van der Waals surface area contributed by atoms with Gasteiger partial charge in [-0.2, -0.15) is 13.2 Å². The van der Waals surface area contributed by atoms with Gasteiger partial charge < -0.3 is 21.7 Å². The summed E-state index contributed by atoms with van der Waals surface area (Å²) in [6.45, 7) is 1.93. The van der Waals surface area contributed by atoms with Crippen LogP contribution in [0.3, 0.4) is 0 Å². The Kier molecular flexibility index (Phi) is 7.64. The van der Waals surface area contributed by atoms with E-state index in [0.29, 0.717) is 16.6 Å². The van der Waals surface area contributed by atoms with E-state index in [1.54, 1.807) is 14.0 Å². The molecule has 2 amide bonds. The molecule has 15 heteroatoms. The SMILES string of the molecule is CNCc1c(N)ncnc1C(=O)N[C@H](C)c1ncc(C(=O)Nc2cc(C(F)(F)F)c(Cl)cn2)s1. The molecule has 34 heavy (non-hydrogen) atoms. The van der Waals surface area contributed by atoms with Crippen molar-refractivity contribution >= 4 is 46.4 Å². The summed E-state index contributed by atoms with van der Waals surface area (Å²) in [5.74, 6) is -1.39. The predicted molar refractivity (Wildman–Crippen MR) is 119 cm³/mol. The van der Waals surface area contributed by atoms with E-state index in [0.717, 1.165) is 17.5 Å². The van der Waals surface area contributed by atoms with Gasteiger partial charge in [-0.05, 0) is 20.0 Å². The third-order valence-corrected chi connectivity index (χ3v) is 5.90. The van der Waals surface area contributed by atoms with Crippen LogP contribution in [-0.2, 0) is 12.7 Å². The minimum absolute atomic E-state index is 0.0949. The first kappa shape index (κ1) is 25.3. The van der Waals surface area contributed by atoms with Gasteiger partial charge in [-0.3, -0.25) is 9.59 Å². The van der Waals surface area contributed by atoms with Gasteiger partial charge in [0.25, 0.3) is 11.8 Å². The van der Waals surface area contributed by atoms with Crippen LogP contribution in [0.15, 0.2) is 24.8 Å². The maximum absolute atomic E-state index is 13.0. The molecule has 5 N–H and O–H groups in total. The van der Waals surface area contributed by atoms with Gasteiger partial charge in [-0.15, -0.1) is 11.3 Å². The predicted octanol–water partition coefficient (Wildman–Crippen LogP) is 3.05. The fourth-order valence-electron chi connectivity index (χ4n) is 2.79. The molecular formula is C19H18ClF3N8O2S. The Labute approximate surface area is 200 Å². The first-order valence-corrected chi connectivity index (χ1v) is 10.7. The number of rotatable bonds is 7. The van der Waals surface area contributed by atoms with Crippen molar-refractivity contribution in [1.29, 1.82) is 0 Å². The van der Waals surface area contributed by atoms with E-state index >= 15 is 0 Å². The minimum Gasteiger partial charge on any atom is -0.383 e. The molecule has 10 nitrogen and oxygen atoms in total. The Bertz CT molecular complexity index is 1220. The minimum atomic E-state index is -4.70. The summed E-state index contributed by atoms with van der Waals surface area (Å²) in [7, 11) is 1.68. The number of hydrogen-bond donors (Lipinski definition) is 4. The highest BCUT2D eigenvalue weighted by Crippen LogP contribution is 2.35. The maximum Gasteiger partial charge on any atom is 0.418 e. The lowest BCUT2D eigenvalue weighted by molar-refractivity contribution is -0.137. The first-order valence-electron chi connectivity index (χ1n) is 9.55. The van der Waals surface area contributed by atoms with Crippen molar-refractivity contribution in [2.24, 2.45) is 0 Å². The van der Waals surface area contributed by atoms with Crippen LogP contribution in [0.5, 0.6) is 0 Å². The van der Waals surface area contributed by atoms with Crippen molar-refractivity contribution in [3.63, 3.8) is 0 Å². The fourth-order valence-corrected chi connectivity index (χ4v) is 3.82. The lowest BCUT2D eigenvalue weighted by Crippen LogP contribution is -2.29. The highest BCUT2D eigenvalue weighted by Gasteiger charge is 2.34. The summed E-state index contributed by atoms with van der Waals surface area (Å²) in [5, 5.41) is 7.69. The van der Waals surface area contributed by atoms with E-state index in [2.05, 4.69) is 35.9 Å². The number of carbonyl (C=O) groups is 2. The van der Waals surface area contributed by atoms with Crippen molar-refractivity contribution in [2.45, 2.75) is 25.7 Å². The summed E-state index contributed by atoms with van der Waals surface area (Å²) < 4.78 is 39.0. The summed E-state index contributed by atoms with van der Waals surface area (Å²) in [4.78, 5) is 41.0. The molecule has 0 saturated carbocycles. The Morgan fingerprint density at radius 3 is 2.59 bits per heavy atom. The van der Waals surface area contributed by atoms with E-state index in [9.17, 15) is 22.8 Å². The van der Waals surface area contributed by atoms with Crippen LogP contribution in [0.1, 0.15) is 49.3 Å². The summed E-state index contributed by atoms with van der Waals surface area (Å²) >= 11 is 6.49. The molecular weight excluding hydrogens is 497 g/mol. The molecule has 3 aromatic rings. The number of nitrogens with two attached hydrogens (primary N) is 1. The molecule has 0 radical (unpaired) electrons. The Morgan fingerprint density at radius 2 is 1.91 bits per heavy atom. The van der Waals surface area contributed by atoms with Gasteiger partial charge >= 0.3 is 6.18 Å². The molecule has 180 valence electrons. The number of thiazole rings is 1. The number of anilines is 2. The molecule has 3 aromatic heterocycles. The van der Waals surface area contributed by atoms with E-state index in [4.69, 9.17) is 17.3 Å². The molecule has 0 aromatic carbocycles. The largest absolute Gasteiger partial charge is 0.418 e. The average Bonchev–Trinajstić information content (AvgIpc) is 3.26. The third kappa shape index (κ3) is 5.76. The average molecular weight is 515 g/mol. The number of pyridine rings is 1. The van der Waals surface area contributed by atoms with E-state index in [1.165, 1.54) is 12.5 Å². The molecule has 0 saturated heterocycles. The smallest absolute Gasteiger partial charge is 0.383 e. The number of carbonyl (C=O) groups excluding carboxylic acids is 2. The van der Waals surface area contributed by atoms with Gasteiger partial charge in [-0.1, -0.05) is 11.6 Å². The lowest BCUT2D eigenvalue weighted by Gasteiger charge is -2.14. The van der Waals surface area contributed by atoms with Crippen LogP contribution < -0.4 is 21.7 Å². The zero-order chi connectivity index (χ0) is 25.0. The van der Waals surface area contributed by atoms with Gasteiger partial charge in [0.2, 0.25) is 0 Å². The quantitative estimate of drug-likeness (QED) is 0.376. The number of aromatic nitrogens is 4. The van der Waals surface area contributed by atoms with Crippen molar-refractivity contribution in [3.8, 4) is 0 Å². The number of alkyl halides is 3. The van der Waals surface area contributed by atoms with Gasteiger partial charge in [0.15, 0.2) is 0 Å². The topological polar surface area (TPSA) is 148 Å². The van der Waals surface area contributed by atoms with Crippen molar-refractivity contribution < 1.29 is 22.8 Å².